The number of benzene rings is 4. The summed E-state index contributed by atoms with van der Waals surface area (Å²) in [4.78, 5) is 12.8. The Bertz CT molecular complexity index is 1430. The van der Waals surface area contributed by atoms with Gasteiger partial charge in [0.1, 0.15) is 36.4 Å². The van der Waals surface area contributed by atoms with Crippen LogP contribution in [0, 0.1) is 11.3 Å². The van der Waals surface area contributed by atoms with Crippen LogP contribution in [-0.2, 0) is 18.0 Å². The van der Waals surface area contributed by atoms with Gasteiger partial charge in [-0.2, -0.15) is 5.26 Å². The van der Waals surface area contributed by atoms with E-state index in [1.165, 1.54) is 6.08 Å². The molecule has 0 spiro atoms. The molecule has 184 valence electrons. The molecular formula is C30H22Br2N2O3. The van der Waals surface area contributed by atoms with Crippen molar-refractivity contribution >= 4 is 49.5 Å². The monoisotopic (exact) mass is 616 g/mol. The van der Waals surface area contributed by atoms with Crippen LogP contribution in [0.5, 0.6) is 11.5 Å². The van der Waals surface area contributed by atoms with E-state index >= 15 is 0 Å². The molecule has 0 saturated carbocycles. The van der Waals surface area contributed by atoms with Gasteiger partial charge in [0.05, 0.1) is 0 Å². The molecule has 5 nitrogen and oxygen atoms in total. The Morgan fingerprint density at radius 2 is 1.35 bits per heavy atom. The van der Waals surface area contributed by atoms with Crippen LogP contribution in [0.4, 0.5) is 5.69 Å². The molecule has 0 aromatic heterocycles. The van der Waals surface area contributed by atoms with Crippen molar-refractivity contribution in [1.29, 1.82) is 5.26 Å². The maximum Gasteiger partial charge on any atom is 0.266 e. The molecule has 0 unspecified atom stereocenters. The van der Waals surface area contributed by atoms with Crippen molar-refractivity contribution < 1.29 is 14.3 Å². The predicted octanol–water partition coefficient (Wildman–Crippen LogP) is 7.92. The van der Waals surface area contributed by atoms with E-state index in [4.69, 9.17) is 9.47 Å². The van der Waals surface area contributed by atoms with Crippen molar-refractivity contribution in [2.24, 2.45) is 0 Å². The van der Waals surface area contributed by atoms with Gasteiger partial charge in [-0.1, -0.05) is 74.3 Å². The van der Waals surface area contributed by atoms with Crippen molar-refractivity contribution in [2.75, 3.05) is 5.32 Å². The van der Waals surface area contributed by atoms with E-state index in [2.05, 4.69) is 37.2 Å². The first-order valence-corrected chi connectivity index (χ1v) is 13.0. The fourth-order valence-electron chi connectivity index (χ4n) is 3.36. The van der Waals surface area contributed by atoms with Gasteiger partial charge in [-0.3, -0.25) is 4.79 Å². The lowest BCUT2D eigenvalue weighted by Gasteiger charge is -2.10. The highest BCUT2D eigenvalue weighted by Crippen LogP contribution is 2.24. The van der Waals surface area contributed by atoms with Crippen LogP contribution in [-0.4, -0.2) is 5.91 Å². The van der Waals surface area contributed by atoms with E-state index in [1.54, 1.807) is 30.3 Å². The molecule has 0 radical (unpaired) electrons. The minimum Gasteiger partial charge on any atom is -0.489 e. The van der Waals surface area contributed by atoms with E-state index < -0.39 is 5.91 Å². The predicted molar refractivity (Wildman–Crippen MR) is 152 cm³/mol. The summed E-state index contributed by atoms with van der Waals surface area (Å²) in [6, 6.07) is 32.0. The summed E-state index contributed by atoms with van der Waals surface area (Å²) in [6.07, 6.45) is 1.53. The molecule has 0 saturated heterocycles. The highest BCUT2D eigenvalue weighted by molar-refractivity contribution is 9.10. The quantitative estimate of drug-likeness (QED) is 0.153. The molecule has 0 aliphatic carbocycles. The first-order valence-electron chi connectivity index (χ1n) is 11.4. The average molecular weight is 618 g/mol. The summed E-state index contributed by atoms with van der Waals surface area (Å²) < 4.78 is 13.8. The van der Waals surface area contributed by atoms with Gasteiger partial charge in [0.25, 0.3) is 5.91 Å². The molecule has 4 aromatic carbocycles. The highest BCUT2D eigenvalue weighted by atomic mass is 79.9. The molecule has 0 bridgehead atoms. The normalized spacial score (nSPS) is 10.9. The summed E-state index contributed by atoms with van der Waals surface area (Å²) in [5.41, 5.74) is 3.22. The zero-order chi connectivity index (χ0) is 26.0. The van der Waals surface area contributed by atoms with Crippen LogP contribution < -0.4 is 14.8 Å². The maximum absolute atomic E-state index is 12.8. The second-order valence-electron chi connectivity index (χ2n) is 8.02. The number of carbonyl (C=O) groups is 1. The molecule has 4 aromatic rings. The van der Waals surface area contributed by atoms with Crippen molar-refractivity contribution in [3.05, 3.63) is 128 Å². The van der Waals surface area contributed by atoms with Gasteiger partial charge >= 0.3 is 0 Å². The first kappa shape index (κ1) is 26.2. The lowest BCUT2D eigenvalue weighted by Crippen LogP contribution is -2.13. The second kappa shape index (κ2) is 12.9. The van der Waals surface area contributed by atoms with Crippen molar-refractivity contribution in [3.63, 3.8) is 0 Å². The number of rotatable bonds is 9. The Morgan fingerprint density at radius 1 is 0.784 bits per heavy atom. The number of nitriles is 1. The Balaban J connectivity index is 1.38. The molecule has 0 fully saturated rings. The fourth-order valence-corrected chi connectivity index (χ4v) is 3.89. The van der Waals surface area contributed by atoms with Crippen LogP contribution in [0.3, 0.4) is 0 Å². The third kappa shape index (κ3) is 7.81. The Morgan fingerprint density at radius 3 is 1.95 bits per heavy atom. The van der Waals surface area contributed by atoms with Gasteiger partial charge in [0.2, 0.25) is 0 Å². The average Bonchev–Trinajstić information content (AvgIpc) is 2.92. The lowest BCUT2D eigenvalue weighted by molar-refractivity contribution is -0.112. The van der Waals surface area contributed by atoms with E-state index in [0.717, 1.165) is 20.1 Å². The molecular weight excluding hydrogens is 596 g/mol. The maximum atomic E-state index is 12.8. The molecule has 1 N–H and O–H groups in total. The fraction of sp³-hybridized carbons (Fsp3) is 0.0667. The SMILES string of the molecule is N#C/C(=C\c1ccccc1OCc1ccc(Br)cc1)C(=O)Nc1ccc(OCc2ccc(Br)cc2)cc1. The summed E-state index contributed by atoms with van der Waals surface area (Å²) >= 11 is 6.84. The number of nitrogens with zero attached hydrogens (tertiary/aromatic N) is 1. The number of anilines is 1. The second-order valence-corrected chi connectivity index (χ2v) is 9.85. The molecule has 37 heavy (non-hydrogen) atoms. The Labute approximate surface area is 232 Å². The van der Waals surface area contributed by atoms with Gasteiger partial charge < -0.3 is 14.8 Å². The van der Waals surface area contributed by atoms with Gasteiger partial charge in [-0.15, -0.1) is 0 Å². The van der Waals surface area contributed by atoms with E-state index in [9.17, 15) is 10.1 Å². The van der Waals surface area contributed by atoms with Crippen LogP contribution in [0.25, 0.3) is 6.08 Å². The number of halogens is 2. The van der Waals surface area contributed by atoms with Crippen LogP contribution >= 0.6 is 31.9 Å². The third-order valence-electron chi connectivity index (χ3n) is 5.32. The van der Waals surface area contributed by atoms with Crippen molar-refractivity contribution in [1.82, 2.24) is 0 Å². The summed E-state index contributed by atoms with van der Waals surface area (Å²) in [6.45, 7) is 0.798. The third-order valence-corrected chi connectivity index (χ3v) is 6.38. The molecule has 0 aliphatic rings. The minimum absolute atomic E-state index is 0.0322. The Kier molecular flexibility index (Phi) is 9.14. The number of carbonyl (C=O) groups excluding carboxylic acids is 1. The zero-order valence-electron chi connectivity index (χ0n) is 19.7. The standard InChI is InChI=1S/C30H22Br2N2O3/c31-25-9-5-21(6-10-25)19-36-28-15-13-27(14-16-28)34-30(35)24(18-33)17-23-3-1-2-4-29(23)37-20-22-7-11-26(32)12-8-22/h1-17H,19-20H2,(H,34,35)/b24-17+. The molecule has 7 heteroatoms. The van der Waals surface area contributed by atoms with Crippen LogP contribution in [0.15, 0.2) is 112 Å². The smallest absolute Gasteiger partial charge is 0.266 e. The van der Waals surface area contributed by atoms with E-state index in [0.29, 0.717) is 36.0 Å². The van der Waals surface area contributed by atoms with Crippen LogP contribution in [0.1, 0.15) is 16.7 Å². The summed E-state index contributed by atoms with van der Waals surface area (Å²) in [7, 11) is 0. The highest BCUT2D eigenvalue weighted by Gasteiger charge is 2.12. The molecule has 0 atom stereocenters. The summed E-state index contributed by atoms with van der Waals surface area (Å²) in [5.74, 6) is 0.751. The molecule has 1 amide bonds. The summed E-state index contributed by atoms with van der Waals surface area (Å²) in [5, 5.41) is 12.4. The van der Waals surface area contributed by atoms with Gasteiger partial charge in [0, 0.05) is 20.2 Å². The lowest BCUT2D eigenvalue weighted by atomic mass is 10.1. The number of hydrogen-bond acceptors (Lipinski definition) is 4. The molecule has 0 aliphatic heterocycles. The Hall–Kier alpha value is -3.86. The van der Waals surface area contributed by atoms with E-state index in [1.807, 2.05) is 72.8 Å². The van der Waals surface area contributed by atoms with Crippen molar-refractivity contribution in [2.45, 2.75) is 13.2 Å². The van der Waals surface area contributed by atoms with Gasteiger partial charge in [0.15, 0.2) is 0 Å². The number of hydrogen-bond donors (Lipinski definition) is 1. The number of ether oxygens (including phenoxy) is 2. The van der Waals surface area contributed by atoms with Gasteiger partial charge in [-0.25, -0.2) is 0 Å². The topological polar surface area (TPSA) is 71.3 Å². The minimum atomic E-state index is -0.506. The largest absolute Gasteiger partial charge is 0.489 e. The zero-order valence-corrected chi connectivity index (χ0v) is 22.8. The first-order chi connectivity index (χ1) is 18.0. The number of nitrogens with one attached hydrogen (secondary N) is 1. The molecule has 0 heterocycles. The van der Waals surface area contributed by atoms with Crippen LogP contribution in [0.2, 0.25) is 0 Å². The number of para-hydroxylation sites is 1. The van der Waals surface area contributed by atoms with Gasteiger partial charge in [-0.05, 0) is 71.8 Å². The van der Waals surface area contributed by atoms with E-state index in [-0.39, 0.29) is 5.57 Å². The van der Waals surface area contributed by atoms with Crippen molar-refractivity contribution in [3.8, 4) is 17.6 Å². The molecule has 4 rings (SSSR count). The number of amides is 1.